The smallest absolute Gasteiger partial charge is 0.152 e. The summed E-state index contributed by atoms with van der Waals surface area (Å²) in [6.07, 6.45) is 2.90. The predicted molar refractivity (Wildman–Crippen MR) is 52.7 cm³/mol. The number of methoxy groups -OCH3 is 1. The number of hydrogen-bond acceptors (Lipinski definition) is 2. The van der Waals surface area contributed by atoms with E-state index in [9.17, 15) is 9.18 Å². The molecule has 0 fully saturated rings. The largest absolute Gasteiger partial charge is 0.496 e. The molecule has 2 nitrogen and oxygen atoms in total. The van der Waals surface area contributed by atoms with Crippen LogP contribution in [0.4, 0.5) is 4.39 Å². The lowest BCUT2D eigenvalue weighted by molar-refractivity contribution is -0.112. The van der Waals surface area contributed by atoms with Crippen LogP contribution < -0.4 is 4.74 Å². The summed E-state index contributed by atoms with van der Waals surface area (Å²) in [6.45, 7) is 1.43. The first-order valence-corrected chi connectivity index (χ1v) is 4.15. The lowest BCUT2D eigenvalue weighted by Gasteiger charge is -2.03. The Hall–Kier alpha value is -1.64. The minimum Gasteiger partial charge on any atom is -0.496 e. The van der Waals surface area contributed by atoms with Gasteiger partial charge in [0.25, 0.3) is 0 Å². The highest BCUT2D eigenvalue weighted by Gasteiger charge is 2.00. The lowest BCUT2D eigenvalue weighted by Crippen LogP contribution is -1.89. The number of rotatable bonds is 3. The molecule has 0 atom stereocenters. The minimum absolute atomic E-state index is 0.0867. The molecule has 0 heterocycles. The zero-order valence-corrected chi connectivity index (χ0v) is 8.08. The van der Waals surface area contributed by atoms with Crippen LogP contribution in [0, 0.1) is 5.82 Å². The van der Waals surface area contributed by atoms with E-state index >= 15 is 0 Å². The van der Waals surface area contributed by atoms with Gasteiger partial charge in [0.15, 0.2) is 5.78 Å². The maximum atomic E-state index is 12.8. The molecule has 0 aromatic heterocycles. The summed E-state index contributed by atoms with van der Waals surface area (Å²) in [6, 6.07) is 4.15. The second-order valence-electron chi connectivity index (χ2n) is 2.83. The summed E-state index contributed by atoms with van der Waals surface area (Å²) in [7, 11) is 1.50. The molecule has 0 saturated carbocycles. The van der Waals surface area contributed by atoms with Crippen molar-refractivity contribution in [1.29, 1.82) is 0 Å². The van der Waals surface area contributed by atoms with Crippen molar-refractivity contribution < 1.29 is 13.9 Å². The molecule has 0 radical (unpaired) electrons. The molecule has 1 rings (SSSR count). The Morgan fingerprint density at radius 3 is 2.79 bits per heavy atom. The highest BCUT2D eigenvalue weighted by Crippen LogP contribution is 2.20. The lowest BCUT2D eigenvalue weighted by atomic mass is 10.1. The number of carbonyl (C=O) groups excluding carboxylic acids is 1. The van der Waals surface area contributed by atoms with Crippen molar-refractivity contribution in [2.75, 3.05) is 7.11 Å². The molecule has 0 aliphatic rings. The summed E-state index contributed by atoms with van der Waals surface area (Å²) < 4.78 is 17.8. The van der Waals surface area contributed by atoms with E-state index in [4.69, 9.17) is 4.74 Å². The Bertz CT molecular complexity index is 370. The molecule has 14 heavy (non-hydrogen) atoms. The van der Waals surface area contributed by atoms with Gasteiger partial charge in [-0.3, -0.25) is 4.79 Å². The number of allylic oxidation sites excluding steroid dienone is 1. The van der Waals surface area contributed by atoms with E-state index in [1.807, 2.05) is 0 Å². The number of ketones is 1. The first-order valence-electron chi connectivity index (χ1n) is 4.15. The van der Waals surface area contributed by atoms with Gasteiger partial charge in [-0.15, -0.1) is 0 Å². The van der Waals surface area contributed by atoms with Crippen LogP contribution in [-0.2, 0) is 4.79 Å². The van der Waals surface area contributed by atoms with Crippen molar-refractivity contribution in [2.24, 2.45) is 0 Å². The molecule has 0 spiro atoms. The normalized spacial score (nSPS) is 10.5. The van der Waals surface area contributed by atoms with E-state index in [1.54, 1.807) is 0 Å². The molecule has 0 aliphatic heterocycles. The molecule has 0 amide bonds. The van der Waals surface area contributed by atoms with Crippen LogP contribution in [0.3, 0.4) is 0 Å². The summed E-state index contributed by atoms with van der Waals surface area (Å²) in [5.74, 6) is 0.106. The second-order valence-corrected chi connectivity index (χ2v) is 2.83. The van der Waals surface area contributed by atoms with Crippen LogP contribution in [0.15, 0.2) is 24.3 Å². The third-order valence-corrected chi connectivity index (χ3v) is 1.69. The Morgan fingerprint density at radius 1 is 1.50 bits per heavy atom. The Labute approximate surface area is 82.0 Å². The standard InChI is InChI=1S/C11H11FO2/c1-8(13)3-4-9-7-10(12)5-6-11(9)14-2/h3-7H,1-2H3/b4-3+. The molecule has 74 valence electrons. The average molecular weight is 194 g/mol. The van der Waals surface area contributed by atoms with Gasteiger partial charge in [0.1, 0.15) is 11.6 Å². The van der Waals surface area contributed by atoms with Gasteiger partial charge in [0.05, 0.1) is 7.11 Å². The summed E-state index contributed by atoms with van der Waals surface area (Å²) in [4.78, 5) is 10.7. The Morgan fingerprint density at radius 2 is 2.21 bits per heavy atom. The number of ether oxygens (including phenoxy) is 1. The number of hydrogen-bond donors (Lipinski definition) is 0. The van der Waals surface area contributed by atoms with Crippen molar-refractivity contribution in [3.05, 3.63) is 35.7 Å². The van der Waals surface area contributed by atoms with Crippen LogP contribution in [-0.4, -0.2) is 12.9 Å². The predicted octanol–water partition coefficient (Wildman–Crippen LogP) is 2.44. The minimum atomic E-state index is -0.353. The molecule has 0 unspecified atom stereocenters. The maximum absolute atomic E-state index is 12.8. The van der Waals surface area contributed by atoms with E-state index in [0.29, 0.717) is 11.3 Å². The van der Waals surface area contributed by atoms with Gasteiger partial charge < -0.3 is 4.74 Å². The Kier molecular flexibility index (Phi) is 3.40. The van der Waals surface area contributed by atoms with Gasteiger partial charge in [-0.25, -0.2) is 4.39 Å². The zero-order valence-electron chi connectivity index (χ0n) is 8.08. The number of benzene rings is 1. The second kappa shape index (κ2) is 4.56. The molecular formula is C11H11FO2. The molecule has 0 N–H and O–H groups in total. The van der Waals surface area contributed by atoms with Crippen molar-refractivity contribution in [3.8, 4) is 5.75 Å². The van der Waals surface area contributed by atoms with Crippen LogP contribution in [0.5, 0.6) is 5.75 Å². The maximum Gasteiger partial charge on any atom is 0.152 e. The number of halogens is 1. The number of carbonyl (C=O) groups is 1. The van der Waals surface area contributed by atoms with Gasteiger partial charge >= 0.3 is 0 Å². The molecular weight excluding hydrogens is 183 g/mol. The first kappa shape index (κ1) is 10.4. The molecule has 1 aromatic carbocycles. The van der Waals surface area contributed by atoms with E-state index in [0.717, 1.165) is 0 Å². The highest BCUT2D eigenvalue weighted by molar-refractivity contribution is 5.91. The SMILES string of the molecule is COc1ccc(F)cc1/C=C/C(C)=O. The topological polar surface area (TPSA) is 26.3 Å². The van der Waals surface area contributed by atoms with E-state index < -0.39 is 0 Å². The van der Waals surface area contributed by atoms with Crippen molar-refractivity contribution >= 4 is 11.9 Å². The third kappa shape index (κ3) is 2.69. The van der Waals surface area contributed by atoms with Crippen molar-refractivity contribution in [1.82, 2.24) is 0 Å². The van der Waals surface area contributed by atoms with Crippen LogP contribution in [0.1, 0.15) is 12.5 Å². The molecule has 3 heteroatoms. The monoisotopic (exact) mass is 194 g/mol. The van der Waals surface area contributed by atoms with Crippen LogP contribution in [0.25, 0.3) is 6.08 Å². The van der Waals surface area contributed by atoms with E-state index in [2.05, 4.69) is 0 Å². The fourth-order valence-corrected chi connectivity index (χ4v) is 1.04. The van der Waals surface area contributed by atoms with Gasteiger partial charge in [-0.05, 0) is 37.3 Å². The van der Waals surface area contributed by atoms with Crippen molar-refractivity contribution in [2.45, 2.75) is 6.92 Å². The van der Waals surface area contributed by atoms with Crippen molar-refractivity contribution in [3.63, 3.8) is 0 Å². The van der Waals surface area contributed by atoms with Crippen LogP contribution >= 0.6 is 0 Å². The third-order valence-electron chi connectivity index (χ3n) is 1.69. The fraction of sp³-hybridized carbons (Fsp3) is 0.182. The quantitative estimate of drug-likeness (QED) is 0.691. The molecule has 1 aromatic rings. The molecule has 0 saturated heterocycles. The summed E-state index contributed by atoms with van der Waals surface area (Å²) in [5.41, 5.74) is 0.558. The first-order chi connectivity index (χ1) is 6.63. The summed E-state index contributed by atoms with van der Waals surface area (Å²) >= 11 is 0. The fourth-order valence-electron chi connectivity index (χ4n) is 1.04. The zero-order chi connectivity index (χ0) is 10.6. The molecule has 0 bridgehead atoms. The highest BCUT2D eigenvalue weighted by atomic mass is 19.1. The Balaban J connectivity index is 3.04. The van der Waals surface area contributed by atoms with Crippen LogP contribution in [0.2, 0.25) is 0 Å². The van der Waals surface area contributed by atoms with E-state index in [-0.39, 0.29) is 11.6 Å². The van der Waals surface area contributed by atoms with Gasteiger partial charge in [0.2, 0.25) is 0 Å². The molecule has 0 aliphatic carbocycles. The average Bonchev–Trinajstić information content (AvgIpc) is 2.15. The van der Waals surface area contributed by atoms with E-state index in [1.165, 1.54) is 44.4 Å². The van der Waals surface area contributed by atoms with Gasteiger partial charge in [-0.2, -0.15) is 0 Å². The van der Waals surface area contributed by atoms with Gasteiger partial charge in [-0.1, -0.05) is 0 Å². The summed E-state index contributed by atoms with van der Waals surface area (Å²) in [5, 5.41) is 0. The van der Waals surface area contributed by atoms with Gasteiger partial charge in [0, 0.05) is 5.56 Å².